The van der Waals surface area contributed by atoms with Gasteiger partial charge in [0.25, 0.3) is 0 Å². The predicted octanol–water partition coefficient (Wildman–Crippen LogP) is 4.14. The van der Waals surface area contributed by atoms with Gasteiger partial charge in [0.05, 0.1) is 18.2 Å². The molecule has 5 atom stereocenters. The van der Waals surface area contributed by atoms with Gasteiger partial charge in [-0.3, -0.25) is 14.5 Å². The van der Waals surface area contributed by atoms with Crippen molar-refractivity contribution in [2.45, 2.75) is 108 Å². The second-order valence-electron chi connectivity index (χ2n) is 13.0. The minimum absolute atomic E-state index is 0.0274. The number of amides is 3. The number of piperazine rings is 1. The zero-order chi connectivity index (χ0) is 29.3. The number of fused-ring (bicyclic) bond motifs is 2. The minimum Gasteiger partial charge on any atom is -0.444 e. The van der Waals surface area contributed by atoms with Crippen molar-refractivity contribution >= 4 is 17.9 Å². The van der Waals surface area contributed by atoms with Gasteiger partial charge >= 0.3 is 6.09 Å². The van der Waals surface area contributed by atoms with Gasteiger partial charge in [0, 0.05) is 25.7 Å². The Morgan fingerprint density at radius 3 is 2.46 bits per heavy atom. The Kier molecular flexibility index (Phi) is 8.55. The number of nitrogens with one attached hydrogen (secondary N) is 1. The fourth-order valence-corrected chi connectivity index (χ4v) is 7.26. The Bertz CT molecular complexity index is 1170. The van der Waals surface area contributed by atoms with Crippen LogP contribution < -0.4 is 5.32 Å². The van der Waals surface area contributed by atoms with Crippen LogP contribution in [0.15, 0.2) is 24.3 Å². The molecule has 0 aromatic heterocycles. The van der Waals surface area contributed by atoms with Gasteiger partial charge in [0.2, 0.25) is 11.8 Å². The van der Waals surface area contributed by atoms with Crippen molar-refractivity contribution in [1.29, 1.82) is 5.26 Å². The zero-order valence-corrected chi connectivity index (χ0v) is 24.4. The maximum Gasteiger partial charge on any atom is 0.408 e. The van der Waals surface area contributed by atoms with E-state index in [9.17, 15) is 24.0 Å². The fraction of sp³-hybridized carbons (Fsp3) is 0.677. The number of carbonyl (C=O) groups excluding carboxylic acids is 3. The van der Waals surface area contributed by atoms with Gasteiger partial charge in [0.1, 0.15) is 23.5 Å². The van der Waals surface area contributed by atoms with Crippen molar-refractivity contribution in [3.05, 3.63) is 35.6 Å². The molecule has 41 heavy (non-hydrogen) atoms. The third-order valence-electron chi connectivity index (χ3n) is 9.01. The van der Waals surface area contributed by atoms with Crippen molar-refractivity contribution in [3.8, 4) is 6.07 Å². The number of nitrogens with zero attached hydrogens (tertiary/aromatic N) is 4. The fourth-order valence-electron chi connectivity index (χ4n) is 7.26. The normalized spacial score (nSPS) is 26.6. The van der Waals surface area contributed by atoms with Crippen LogP contribution in [0.25, 0.3) is 0 Å². The lowest BCUT2D eigenvalue weighted by Gasteiger charge is -2.44. The van der Waals surface area contributed by atoms with E-state index in [2.05, 4.69) is 11.4 Å². The number of halogens is 1. The molecule has 4 fully saturated rings. The average Bonchev–Trinajstić information content (AvgIpc) is 3.64. The van der Waals surface area contributed by atoms with Crippen molar-refractivity contribution in [2.75, 3.05) is 19.6 Å². The van der Waals surface area contributed by atoms with Crippen LogP contribution in [-0.2, 0) is 14.3 Å². The molecule has 3 amide bonds. The number of alkyl carbamates (subject to hydrolysis) is 1. The lowest BCUT2D eigenvalue weighted by atomic mass is 9.80. The molecule has 1 N–H and O–H groups in total. The molecule has 5 rings (SSSR count). The quantitative estimate of drug-likeness (QED) is 0.531. The first-order valence-corrected chi connectivity index (χ1v) is 15.1. The SMILES string of the molecule is CC(C)(C)OC(=O)NC(CN1C[C@@H]2CC1C(=O)N2C(c1ccc(F)cc1)C1CCCCC1)C(=O)N1CCCC1C#N. The number of benzene rings is 1. The van der Waals surface area contributed by atoms with E-state index in [4.69, 9.17) is 4.74 Å². The van der Waals surface area contributed by atoms with Gasteiger partial charge in [-0.25, -0.2) is 9.18 Å². The summed E-state index contributed by atoms with van der Waals surface area (Å²) in [5, 5.41) is 12.3. The highest BCUT2D eigenvalue weighted by Gasteiger charge is 2.54. The molecule has 1 aromatic rings. The summed E-state index contributed by atoms with van der Waals surface area (Å²) in [7, 11) is 0. The Hall–Kier alpha value is -3.19. The maximum atomic E-state index is 14.0. The van der Waals surface area contributed by atoms with E-state index >= 15 is 0 Å². The third kappa shape index (κ3) is 6.35. The van der Waals surface area contributed by atoms with Crippen LogP contribution in [-0.4, -0.2) is 82.0 Å². The number of nitriles is 1. The number of likely N-dealkylation sites (tertiary alicyclic amines) is 3. The Morgan fingerprint density at radius 1 is 1.12 bits per heavy atom. The molecule has 2 bridgehead atoms. The van der Waals surface area contributed by atoms with Crippen LogP contribution >= 0.6 is 0 Å². The second-order valence-corrected chi connectivity index (χ2v) is 13.0. The van der Waals surface area contributed by atoms with Crippen LogP contribution in [0, 0.1) is 23.1 Å². The van der Waals surface area contributed by atoms with E-state index < -0.39 is 29.8 Å². The van der Waals surface area contributed by atoms with Crippen LogP contribution in [0.3, 0.4) is 0 Å². The highest BCUT2D eigenvalue weighted by atomic mass is 19.1. The smallest absolute Gasteiger partial charge is 0.408 e. The first-order valence-electron chi connectivity index (χ1n) is 15.1. The van der Waals surface area contributed by atoms with Gasteiger partial charge in [-0.15, -0.1) is 0 Å². The number of ether oxygens (including phenoxy) is 1. The molecule has 1 aromatic carbocycles. The van der Waals surface area contributed by atoms with Crippen LogP contribution in [0.5, 0.6) is 0 Å². The first-order chi connectivity index (χ1) is 19.6. The number of hydrogen-bond acceptors (Lipinski definition) is 6. The second kappa shape index (κ2) is 12.0. The van der Waals surface area contributed by atoms with Crippen molar-refractivity contribution in [2.24, 2.45) is 5.92 Å². The number of rotatable bonds is 7. The van der Waals surface area contributed by atoms with E-state index in [0.717, 1.165) is 37.7 Å². The van der Waals surface area contributed by atoms with Gasteiger partial charge in [0.15, 0.2) is 0 Å². The van der Waals surface area contributed by atoms with E-state index in [1.54, 1.807) is 20.8 Å². The number of carbonyl (C=O) groups is 3. The molecule has 3 heterocycles. The van der Waals surface area contributed by atoms with Crippen molar-refractivity contribution in [3.63, 3.8) is 0 Å². The highest BCUT2D eigenvalue weighted by molar-refractivity contribution is 5.88. The van der Waals surface area contributed by atoms with Gasteiger partial charge in [-0.2, -0.15) is 5.26 Å². The Morgan fingerprint density at radius 2 is 1.83 bits per heavy atom. The zero-order valence-electron chi connectivity index (χ0n) is 24.4. The molecule has 4 aliphatic rings. The average molecular weight is 568 g/mol. The molecule has 1 saturated carbocycles. The molecule has 9 nitrogen and oxygen atoms in total. The predicted molar refractivity (Wildman–Crippen MR) is 150 cm³/mol. The molecular formula is C31H42FN5O4. The Balaban J connectivity index is 1.34. The maximum absolute atomic E-state index is 14.0. The Labute approximate surface area is 242 Å². The van der Waals surface area contributed by atoms with Gasteiger partial charge in [-0.1, -0.05) is 31.4 Å². The molecule has 0 radical (unpaired) electrons. The van der Waals surface area contributed by atoms with E-state index in [1.807, 2.05) is 21.9 Å². The molecule has 222 valence electrons. The van der Waals surface area contributed by atoms with E-state index in [0.29, 0.717) is 31.8 Å². The lowest BCUT2D eigenvalue weighted by Crippen LogP contribution is -2.59. The minimum atomic E-state index is -0.939. The van der Waals surface area contributed by atoms with E-state index in [-0.39, 0.29) is 36.3 Å². The van der Waals surface area contributed by atoms with Crippen LogP contribution in [0.2, 0.25) is 0 Å². The lowest BCUT2D eigenvalue weighted by molar-refractivity contribution is -0.143. The summed E-state index contributed by atoms with van der Waals surface area (Å²) in [6.07, 6.45) is 6.83. The van der Waals surface area contributed by atoms with Gasteiger partial charge < -0.3 is 19.9 Å². The summed E-state index contributed by atoms with van der Waals surface area (Å²) >= 11 is 0. The van der Waals surface area contributed by atoms with Crippen LogP contribution in [0.1, 0.15) is 83.7 Å². The summed E-state index contributed by atoms with van der Waals surface area (Å²) in [6.45, 7) is 6.48. The highest BCUT2D eigenvalue weighted by Crippen LogP contribution is 2.45. The van der Waals surface area contributed by atoms with Crippen LogP contribution in [0.4, 0.5) is 9.18 Å². The molecule has 10 heteroatoms. The first kappa shape index (κ1) is 29.3. The van der Waals surface area contributed by atoms with Gasteiger partial charge in [-0.05, 0) is 76.5 Å². The third-order valence-corrected chi connectivity index (χ3v) is 9.01. The topological polar surface area (TPSA) is 106 Å². The summed E-state index contributed by atoms with van der Waals surface area (Å²) in [5.74, 6) is -0.257. The summed E-state index contributed by atoms with van der Waals surface area (Å²) in [4.78, 5) is 45.9. The monoisotopic (exact) mass is 567 g/mol. The summed E-state index contributed by atoms with van der Waals surface area (Å²) < 4.78 is 19.2. The van der Waals surface area contributed by atoms with Crippen molar-refractivity contribution in [1.82, 2.24) is 20.0 Å². The summed E-state index contributed by atoms with van der Waals surface area (Å²) in [5.41, 5.74) is 0.236. The number of hydrogen-bond donors (Lipinski definition) is 1. The summed E-state index contributed by atoms with van der Waals surface area (Å²) in [6, 6.07) is 6.79. The molecule has 3 saturated heterocycles. The molecule has 0 spiro atoms. The molecule has 4 unspecified atom stereocenters. The molecule has 1 aliphatic carbocycles. The largest absolute Gasteiger partial charge is 0.444 e. The van der Waals surface area contributed by atoms with Crippen molar-refractivity contribution < 1.29 is 23.5 Å². The standard InChI is InChI=1S/C31H42FN5O4/c1-31(2,3)41-30(40)34-25(28(38)36-15-7-10-23(36)17-33)19-35-18-24-16-26(35)29(39)37(24)27(20-8-5-4-6-9-20)21-11-13-22(32)14-12-21/h11-14,20,23-27H,4-10,15-16,18-19H2,1-3H3,(H,34,40)/t23?,24-,25?,26?,27?/m0/s1. The molecule has 3 aliphatic heterocycles. The van der Waals surface area contributed by atoms with E-state index in [1.165, 1.54) is 23.5 Å². The molecular weight excluding hydrogens is 525 g/mol.